The van der Waals surface area contributed by atoms with Crippen LogP contribution in [0.4, 0.5) is 15.8 Å². The molecule has 0 radical (unpaired) electrons. The highest BCUT2D eigenvalue weighted by molar-refractivity contribution is 9.10. The third-order valence-corrected chi connectivity index (χ3v) is 3.62. The Bertz CT molecular complexity index is 623. The Balaban J connectivity index is 2.34. The van der Waals surface area contributed by atoms with Crippen LogP contribution in [0.3, 0.4) is 0 Å². The predicted molar refractivity (Wildman–Crippen MR) is 77.6 cm³/mol. The smallest absolute Gasteiger partial charge is 0.256 e. The Morgan fingerprint density at radius 1 is 1.26 bits per heavy atom. The molecular formula is C14H12BrFN2O. The van der Waals surface area contributed by atoms with E-state index in [2.05, 4.69) is 21.2 Å². The summed E-state index contributed by atoms with van der Waals surface area (Å²) < 4.78 is 14.2. The summed E-state index contributed by atoms with van der Waals surface area (Å²) in [5, 5.41) is 2.56. The van der Waals surface area contributed by atoms with E-state index in [9.17, 15) is 9.18 Å². The molecule has 5 heteroatoms. The van der Waals surface area contributed by atoms with Gasteiger partial charge in [0.05, 0.1) is 15.7 Å². The zero-order valence-electron chi connectivity index (χ0n) is 10.2. The standard InChI is InChI=1S/C14H12BrFN2O/c1-8-4-2-6-10(16)13(8)18-14(19)9-5-3-7-11(17)12(9)15/h2-7H,17H2,1H3,(H,18,19). The summed E-state index contributed by atoms with van der Waals surface area (Å²) in [6.45, 7) is 1.73. The number of nitrogens with one attached hydrogen (secondary N) is 1. The molecule has 2 aromatic rings. The van der Waals surface area contributed by atoms with Crippen molar-refractivity contribution < 1.29 is 9.18 Å². The van der Waals surface area contributed by atoms with Gasteiger partial charge in [-0.1, -0.05) is 18.2 Å². The van der Waals surface area contributed by atoms with Crippen molar-refractivity contribution in [3.63, 3.8) is 0 Å². The summed E-state index contributed by atoms with van der Waals surface area (Å²) in [6.07, 6.45) is 0. The molecule has 0 heterocycles. The molecule has 0 atom stereocenters. The number of carbonyl (C=O) groups is 1. The minimum atomic E-state index is -0.464. The van der Waals surface area contributed by atoms with Gasteiger partial charge in [0, 0.05) is 5.69 Å². The third kappa shape index (κ3) is 2.76. The van der Waals surface area contributed by atoms with Gasteiger partial charge in [-0.25, -0.2) is 4.39 Å². The van der Waals surface area contributed by atoms with Crippen LogP contribution in [-0.2, 0) is 0 Å². The number of benzene rings is 2. The lowest BCUT2D eigenvalue weighted by molar-refractivity contribution is 0.102. The zero-order chi connectivity index (χ0) is 14.0. The molecule has 0 saturated carbocycles. The summed E-state index contributed by atoms with van der Waals surface area (Å²) in [5.41, 5.74) is 7.37. The lowest BCUT2D eigenvalue weighted by Crippen LogP contribution is -2.15. The van der Waals surface area contributed by atoms with E-state index in [-0.39, 0.29) is 5.69 Å². The van der Waals surface area contributed by atoms with Crippen molar-refractivity contribution in [2.75, 3.05) is 11.1 Å². The Morgan fingerprint density at radius 2 is 1.95 bits per heavy atom. The van der Waals surface area contributed by atoms with Crippen LogP contribution in [0.2, 0.25) is 0 Å². The number of halogens is 2. The number of nitrogen functional groups attached to an aromatic ring is 1. The van der Waals surface area contributed by atoms with Gasteiger partial charge in [-0.2, -0.15) is 0 Å². The second-order valence-corrected chi connectivity index (χ2v) is 4.89. The number of rotatable bonds is 2. The summed E-state index contributed by atoms with van der Waals surface area (Å²) in [5.74, 6) is -0.874. The van der Waals surface area contributed by atoms with E-state index in [4.69, 9.17) is 5.73 Å². The average molecular weight is 323 g/mol. The highest BCUT2D eigenvalue weighted by Gasteiger charge is 2.14. The van der Waals surface area contributed by atoms with Crippen molar-refractivity contribution >= 4 is 33.2 Å². The summed E-state index contributed by atoms with van der Waals surface area (Å²) in [6, 6.07) is 9.59. The van der Waals surface area contributed by atoms with E-state index < -0.39 is 11.7 Å². The lowest BCUT2D eigenvalue weighted by Gasteiger charge is -2.11. The van der Waals surface area contributed by atoms with Gasteiger partial charge in [0.1, 0.15) is 5.82 Å². The summed E-state index contributed by atoms with van der Waals surface area (Å²) in [4.78, 5) is 12.1. The van der Waals surface area contributed by atoms with Crippen molar-refractivity contribution in [3.8, 4) is 0 Å². The van der Waals surface area contributed by atoms with Crippen LogP contribution in [0.1, 0.15) is 15.9 Å². The average Bonchev–Trinajstić information content (AvgIpc) is 2.37. The van der Waals surface area contributed by atoms with Crippen LogP contribution in [0.5, 0.6) is 0 Å². The van der Waals surface area contributed by atoms with Crippen LogP contribution in [0.25, 0.3) is 0 Å². The van der Waals surface area contributed by atoms with Crippen molar-refractivity contribution in [2.45, 2.75) is 6.92 Å². The largest absolute Gasteiger partial charge is 0.398 e. The molecule has 98 valence electrons. The van der Waals surface area contributed by atoms with Gasteiger partial charge >= 0.3 is 0 Å². The number of anilines is 2. The number of aryl methyl sites for hydroxylation is 1. The monoisotopic (exact) mass is 322 g/mol. The molecule has 0 spiro atoms. The van der Waals surface area contributed by atoms with Gasteiger partial charge in [-0.05, 0) is 46.6 Å². The third-order valence-electron chi connectivity index (χ3n) is 2.73. The van der Waals surface area contributed by atoms with E-state index in [0.717, 1.165) is 0 Å². The van der Waals surface area contributed by atoms with Gasteiger partial charge in [-0.15, -0.1) is 0 Å². The van der Waals surface area contributed by atoms with Crippen LogP contribution >= 0.6 is 15.9 Å². The fourth-order valence-electron chi connectivity index (χ4n) is 1.70. The van der Waals surface area contributed by atoms with E-state index in [1.54, 1.807) is 37.3 Å². The van der Waals surface area contributed by atoms with Crippen molar-refractivity contribution in [1.29, 1.82) is 0 Å². The quantitative estimate of drug-likeness (QED) is 0.828. The Morgan fingerprint density at radius 3 is 2.63 bits per heavy atom. The summed E-state index contributed by atoms with van der Waals surface area (Å²) >= 11 is 3.25. The molecule has 0 aliphatic rings. The van der Waals surface area contributed by atoms with Crippen LogP contribution < -0.4 is 11.1 Å². The molecule has 2 aromatic carbocycles. The van der Waals surface area contributed by atoms with Gasteiger partial charge in [0.25, 0.3) is 5.91 Å². The molecule has 0 aliphatic heterocycles. The van der Waals surface area contributed by atoms with Crippen LogP contribution in [0.15, 0.2) is 40.9 Å². The van der Waals surface area contributed by atoms with Gasteiger partial charge in [0.2, 0.25) is 0 Å². The van der Waals surface area contributed by atoms with Crippen LogP contribution in [-0.4, -0.2) is 5.91 Å². The van der Waals surface area contributed by atoms with E-state index in [1.165, 1.54) is 6.07 Å². The maximum atomic E-state index is 13.7. The minimum Gasteiger partial charge on any atom is -0.398 e. The molecule has 0 fully saturated rings. The lowest BCUT2D eigenvalue weighted by atomic mass is 10.1. The molecule has 19 heavy (non-hydrogen) atoms. The highest BCUT2D eigenvalue weighted by atomic mass is 79.9. The molecule has 0 bridgehead atoms. The first-order valence-electron chi connectivity index (χ1n) is 5.61. The molecule has 3 N–H and O–H groups in total. The highest BCUT2D eigenvalue weighted by Crippen LogP contribution is 2.26. The molecule has 0 unspecified atom stereocenters. The second kappa shape index (κ2) is 5.40. The topological polar surface area (TPSA) is 55.1 Å². The SMILES string of the molecule is Cc1cccc(F)c1NC(=O)c1cccc(N)c1Br. The number of hydrogen-bond acceptors (Lipinski definition) is 2. The van der Waals surface area contributed by atoms with E-state index in [1.807, 2.05) is 0 Å². The zero-order valence-corrected chi connectivity index (χ0v) is 11.8. The van der Waals surface area contributed by atoms with Gasteiger partial charge in [0.15, 0.2) is 0 Å². The first kappa shape index (κ1) is 13.5. The predicted octanol–water partition coefficient (Wildman–Crippen LogP) is 3.73. The molecule has 2 rings (SSSR count). The van der Waals surface area contributed by atoms with Gasteiger partial charge < -0.3 is 11.1 Å². The normalized spacial score (nSPS) is 10.3. The first-order chi connectivity index (χ1) is 9.00. The van der Waals surface area contributed by atoms with Crippen LogP contribution in [0, 0.1) is 12.7 Å². The molecule has 3 nitrogen and oxygen atoms in total. The molecule has 0 saturated heterocycles. The Labute approximate surface area is 118 Å². The maximum absolute atomic E-state index is 13.7. The molecule has 0 aliphatic carbocycles. The molecule has 0 aromatic heterocycles. The van der Waals surface area contributed by atoms with Crippen molar-refractivity contribution in [1.82, 2.24) is 0 Å². The second-order valence-electron chi connectivity index (χ2n) is 4.09. The Hall–Kier alpha value is -1.88. The van der Waals surface area contributed by atoms with E-state index in [0.29, 0.717) is 21.3 Å². The fourth-order valence-corrected chi connectivity index (χ4v) is 2.14. The van der Waals surface area contributed by atoms with Gasteiger partial charge in [-0.3, -0.25) is 4.79 Å². The number of para-hydroxylation sites is 1. The molecule has 1 amide bonds. The summed E-state index contributed by atoms with van der Waals surface area (Å²) in [7, 11) is 0. The molecular weight excluding hydrogens is 311 g/mol. The first-order valence-corrected chi connectivity index (χ1v) is 6.40. The fraction of sp³-hybridized carbons (Fsp3) is 0.0714. The number of nitrogens with two attached hydrogens (primary N) is 1. The van der Waals surface area contributed by atoms with Crippen molar-refractivity contribution in [2.24, 2.45) is 0 Å². The number of carbonyl (C=O) groups excluding carboxylic acids is 1. The number of hydrogen-bond donors (Lipinski definition) is 2. The minimum absolute atomic E-state index is 0.182. The Kier molecular flexibility index (Phi) is 3.85. The van der Waals surface area contributed by atoms with E-state index >= 15 is 0 Å². The van der Waals surface area contributed by atoms with Crippen molar-refractivity contribution in [3.05, 3.63) is 57.8 Å². The maximum Gasteiger partial charge on any atom is 0.256 e. The number of amides is 1.